The SMILES string of the molecule is NC(=O)C(=CC=Cc1ccc2c(c1)OCO2)N1CCCCC1. The standard InChI is InChI=1S/C17H20N2O3/c18-17(20)14(19-9-2-1-3-10-19)6-4-5-13-7-8-15-16(11-13)22-12-21-15/h4-8,11H,1-3,9-10,12H2,(H2,18,20). The molecule has 2 aliphatic heterocycles. The van der Waals surface area contributed by atoms with Gasteiger partial charge in [0.25, 0.3) is 5.91 Å². The fraction of sp³-hybridized carbons (Fsp3) is 0.353. The first-order valence-electron chi connectivity index (χ1n) is 7.57. The van der Waals surface area contributed by atoms with E-state index in [2.05, 4.69) is 4.90 Å². The Balaban J connectivity index is 1.73. The molecule has 0 saturated carbocycles. The van der Waals surface area contributed by atoms with Gasteiger partial charge in [0.2, 0.25) is 6.79 Å². The van der Waals surface area contributed by atoms with Crippen LogP contribution in [0.5, 0.6) is 11.5 Å². The van der Waals surface area contributed by atoms with Crippen molar-refractivity contribution in [2.45, 2.75) is 19.3 Å². The molecule has 2 heterocycles. The molecule has 0 atom stereocenters. The van der Waals surface area contributed by atoms with Crippen molar-refractivity contribution in [1.29, 1.82) is 0 Å². The van der Waals surface area contributed by atoms with Crippen molar-refractivity contribution < 1.29 is 14.3 Å². The summed E-state index contributed by atoms with van der Waals surface area (Å²) in [7, 11) is 0. The summed E-state index contributed by atoms with van der Waals surface area (Å²) < 4.78 is 10.6. The molecule has 0 aliphatic carbocycles. The summed E-state index contributed by atoms with van der Waals surface area (Å²) in [5, 5.41) is 0. The maximum atomic E-state index is 11.6. The molecule has 0 aromatic heterocycles. The summed E-state index contributed by atoms with van der Waals surface area (Å²) >= 11 is 0. The van der Waals surface area contributed by atoms with E-state index < -0.39 is 0 Å². The van der Waals surface area contributed by atoms with Gasteiger partial charge in [-0.15, -0.1) is 0 Å². The predicted molar refractivity (Wildman–Crippen MR) is 84.3 cm³/mol. The summed E-state index contributed by atoms with van der Waals surface area (Å²) in [6.45, 7) is 2.06. The quantitative estimate of drug-likeness (QED) is 0.684. The number of likely N-dealkylation sites (tertiary alicyclic amines) is 1. The lowest BCUT2D eigenvalue weighted by Crippen LogP contribution is -2.35. The number of benzene rings is 1. The van der Waals surface area contributed by atoms with E-state index in [0.717, 1.165) is 43.0 Å². The average molecular weight is 300 g/mol. The molecule has 5 heteroatoms. The van der Waals surface area contributed by atoms with Gasteiger partial charge in [0.15, 0.2) is 11.5 Å². The van der Waals surface area contributed by atoms with E-state index in [9.17, 15) is 4.79 Å². The molecule has 5 nitrogen and oxygen atoms in total. The Labute approximate surface area is 130 Å². The van der Waals surface area contributed by atoms with Crippen LogP contribution in [0.2, 0.25) is 0 Å². The molecule has 0 bridgehead atoms. The minimum absolute atomic E-state index is 0.267. The molecular formula is C17H20N2O3. The second-order valence-corrected chi connectivity index (χ2v) is 5.44. The van der Waals surface area contributed by atoms with Gasteiger partial charge in [0.05, 0.1) is 0 Å². The van der Waals surface area contributed by atoms with E-state index in [1.807, 2.05) is 30.4 Å². The van der Waals surface area contributed by atoms with Gasteiger partial charge < -0.3 is 20.1 Å². The Morgan fingerprint density at radius 2 is 1.91 bits per heavy atom. The third-order valence-electron chi connectivity index (χ3n) is 3.89. The molecule has 0 spiro atoms. The zero-order valence-corrected chi connectivity index (χ0v) is 12.5. The molecule has 1 fully saturated rings. The largest absolute Gasteiger partial charge is 0.454 e. The number of piperidine rings is 1. The lowest BCUT2D eigenvalue weighted by atomic mass is 10.1. The molecule has 1 aromatic carbocycles. The summed E-state index contributed by atoms with van der Waals surface area (Å²) in [6, 6.07) is 5.74. The Kier molecular flexibility index (Phi) is 4.32. The van der Waals surface area contributed by atoms with Crippen LogP contribution in [0.15, 0.2) is 36.0 Å². The van der Waals surface area contributed by atoms with Gasteiger partial charge in [0, 0.05) is 13.1 Å². The first-order chi connectivity index (χ1) is 10.7. The highest BCUT2D eigenvalue weighted by Crippen LogP contribution is 2.32. The van der Waals surface area contributed by atoms with Gasteiger partial charge in [-0.2, -0.15) is 0 Å². The van der Waals surface area contributed by atoms with Gasteiger partial charge in [-0.1, -0.05) is 18.2 Å². The van der Waals surface area contributed by atoms with Crippen LogP contribution in [0.3, 0.4) is 0 Å². The van der Waals surface area contributed by atoms with Gasteiger partial charge in [-0.3, -0.25) is 4.79 Å². The zero-order chi connectivity index (χ0) is 15.4. The average Bonchev–Trinajstić information content (AvgIpc) is 2.99. The Morgan fingerprint density at radius 3 is 2.68 bits per heavy atom. The molecule has 3 rings (SSSR count). The molecule has 2 N–H and O–H groups in total. The summed E-state index contributed by atoms with van der Waals surface area (Å²) in [4.78, 5) is 13.7. The first-order valence-corrected chi connectivity index (χ1v) is 7.57. The van der Waals surface area contributed by atoms with Crippen LogP contribution in [0.4, 0.5) is 0 Å². The third kappa shape index (κ3) is 3.24. The number of fused-ring (bicyclic) bond motifs is 1. The highest BCUT2D eigenvalue weighted by Gasteiger charge is 2.16. The normalized spacial score (nSPS) is 18.0. The number of rotatable bonds is 4. The Morgan fingerprint density at radius 1 is 1.14 bits per heavy atom. The fourth-order valence-corrected chi connectivity index (χ4v) is 2.75. The number of hydrogen-bond acceptors (Lipinski definition) is 4. The molecule has 1 saturated heterocycles. The van der Waals surface area contributed by atoms with E-state index >= 15 is 0 Å². The summed E-state index contributed by atoms with van der Waals surface area (Å²) in [6.07, 6.45) is 9.00. The predicted octanol–water partition coefficient (Wildman–Crippen LogP) is 2.28. The van der Waals surface area contributed by atoms with Gasteiger partial charge in [-0.25, -0.2) is 0 Å². The Bertz CT molecular complexity index is 616. The van der Waals surface area contributed by atoms with E-state index in [4.69, 9.17) is 15.2 Å². The van der Waals surface area contributed by atoms with Crippen LogP contribution in [-0.2, 0) is 4.79 Å². The topological polar surface area (TPSA) is 64.8 Å². The van der Waals surface area contributed by atoms with E-state index in [-0.39, 0.29) is 12.7 Å². The molecule has 1 amide bonds. The zero-order valence-electron chi connectivity index (χ0n) is 12.5. The van der Waals surface area contributed by atoms with Crippen LogP contribution in [0, 0.1) is 0 Å². The second-order valence-electron chi connectivity index (χ2n) is 5.44. The van der Waals surface area contributed by atoms with Crippen LogP contribution in [0.1, 0.15) is 24.8 Å². The number of primary amides is 1. The highest BCUT2D eigenvalue weighted by atomic mass is 16.7. The number of nitrogens with two attached hydrogens (primary N) is 1. The second kappa shape index (κ2) is 6.56. The van der Waals surface area contributed by atoms with E-state index in [1.54, 1.807) is 6.08 Å². The smallest absolute Gasteiger partial charge is 0.264 e. The highest BCUT2D eigenvalue weighted by molar-refractivity contribution is 5.91. The number of carbonyl (C=O) groups is 1. The summed E-state index contributed by atoms with van der Waals surface area (Å²) in [5.74, 6) is 1.13. The molecule has 116 valence electrons. The fourth-order valence-electron chi connectivity index (χ4n) is 2.75. The minimum Gasteiger partial charge on any atom is -0.454 e. The van der Waals surface area contributed by atoms with E-state index in [1.165, 1.54) is 6.42 Å². The van der Waals surface area contributed by atoms with Crippen molar-refractivity contribution >= 4 is 12.0 Å². The van der Waals surface area contributed by atoms with Crippen molar-refractivity contribution in [3.05, 3.63) is 41.6 Å². The molecular weight excluding hydrogens is 280 g/mol. The van der Waals surface area contributed by atoms with Gasteiger partial charge in [0.1, 0.15) is 5.70 Å². The van der Waals surface area contributed by atoms with Crippen molar-refractivity contribution in [3.8, 4) is 11.5 Å². The maximum Gasteiger partial charge on any atom is 0.264 e. The van der Waals surface area contributed by atoms with Gasteiger partial charge >= 0.3 is 0 Å². The third-order valence-corrected chi connectivity index (χ3v) is 3.89. The van der Waals surface area contributed by atoms with Crippen LogP contribution in [-0.4, -0.2) is 30.7 Å². The molecule has 2 aliphatic rings. The van der Waals surface area contributed by atoms with Gasteiger partial charge in [-0.05, 0) is 43.0 Å². The lowest BCUT2D eigenvalue weighted by Gasteiger charge is -2.29. The number of ether oxygens (including phenoxy) is 2. The number of nitrogens with zero attached hydrogens (tertiary/aromatic N) is 1. The number of hydrogen-bond donors (Lipinski definition) is 1. The lowest BCUT2D eigenvalue weighted by molar-refractivity contribution is -0.116. The number of amides is 1. The van der Waals surface area contributed by atoms with Crippen molar-refractivity contribution in [2.75, 3.05) is 19.9 Å². The number of carbonyl (C=O) groups excluding carboxylic acids is 1. The van der Waals surface area contributed by atoms with Crippen molar-refractivity contribution in [2.24, 2.45) is 5.73 Å². The maximum absolute atomic E-state index is 11.6. The van der Waals surface area contributed by atoms with Crippen LogP contribution >= 0.6 is 0 Å². The summed E-state index contributed by atoms with van der Waals surface area (Å²) in [5.41, 5.74) is 7.07. The molecule has 1 aromatic rings. The molecule has 22 heavy (non-hydrogen) atoms. The monoisotopic (exact) mass is 300 g/mol. The first kappa shape index (κ1) is 14.5. The molecule has 0 radical (unpaired) electrons. The number of allylic oxidation sites excluding steroid dienone is 2. The van der Waals surface area contributed by atoms with E-state index in [0.29, 0.717) is 5.70 Å². The van der Waals surface area contributed by atoms with Crippen LogP contribution in [0.25, 0.3) is 6.08 Å². The van der Waals surface area contributed by atoms with Crippen molar-refractivity contribution in [3.63, 3.8) is 0 Å². The minimum atomic E-state index is -0.378. The molecule has 0 unspecified atom stereocenters. The van der Waals surface area contributed by atoms with Crippen molar-refractivity contribution in [1.82, 2.24) is 4.90 Å². The van der Waals surface area contributed by atoms with Crippen LogP contribution < -0.4 is 15.2 Å². The Hall–Kier alpha value is -2.43.